The number of carbonyl (C=O) groups excluding carboxylic acids is 2. The Bertz CT molecular complexity index is 832. The maximum absolute atomic E-state index is 12.7. The molecule has 1 heterocycles. The van der Waals surface area contributed by atoms with Gasteiger partial charge in [0.15, 0.2) is 0 Å². The Morgan fingerprint density at radius 3 is 2.43 bits per heavy atom. The number of carboxylic acid groups (broad SMARTS) is 1. The van der Waals surface area contributed by atoms with Gasteiger partial charge in [0.2, 0.25) is 11.8 Å². The zero-order chi connectivity index (χ0) is 20.7. The third-order valence-electron chi connectivity index (χ3n) is 4.39. The number of aromatic nitrogens is 1. The van der Waals surface area contributed by atoms with Gasteiger partial charge in [0, 0.05) is 36.6 Å². The number of fused-ring (bicyclic) bond motifs is 1. The molecule has 10 nitrogen and oxygen atoms in total. The highest BCUT2D eigenvalue weighted by Crippen LogP contribution is 2.19. The molecule has 0 unspecified atom stereocenters. The van der Waals surface area contributed by atoms with Crippen LogP contribution in [0, 0.1) is 0 Å². The third-order valence-corrected chi connectivity index (χ3v) is 4.39. The third kappa shape index (κ3) is 5.52. The summed E-state index contributed by atoms with van der Waals surface area (Å²) in [7, 11) is 0. The Kier molecular flexibility index (Phi) is 7.50. The number of aromatic amines is 1. The van der Waals surface area contributed by atoms with E-state index < -0.39 is 42.3 Å². The number of carboxylic acids is 1. The highest BCUT2D eigenvalue weighted by Gasteiger charge is 2.26. The average Bonchev–Trinajstić information content (AvgIpc) is 3.08. The smallest absolute Gasteiger partial charge is 0.321 e. The zero-order valence-corrected chi connectivity index (χ0v) is 15.4. The monoisotopic (exact) mass is 390 g/mol. The number of benzene rings is 1. The van der Waals surface area contributed by atoms with Crippen molar-refractivity contribution in [2.24, 2.45) is 17.2 Å². The van der Waals surface area contributed by atoms with Gasteiger partial charge in [0.1, 0.15) is 12.1 Å². The quantitative estimate of drug-likeness (QED) is 0.254. The van der Waals surface area contributed by atoms with Crippen LogP contribution in [0.2, 0.25) is 0 Å². The fourth-order valence-electron chi connectivity index (χ4n) is 2.79. The number of nitrogens with two attached hydrogens (primary N) is 3. The maximum atomic E-state index is 12.7. The lowest BCUT2D eigenvalue weighted by molar-refractivity contribution is -0.140. The largest absolute Gasteiger partial charge is 0.480 e. The standard InChI is InChI=1S/C18H26N6O4/c19-7-11(8-20)23-17(26)15(24-16(25)6-13(21)18(27)28)5-10-9-22-14-4-2-1-3-12(10)14/h1-4,9,11,13,15,22H,5-8,19-21H2,(H,23,26)(H,24,25)(H,27,28)/t13-,15-/m0/s1. The van der Waals surface area contributed by atoms with Crippen molar-refractivity contribution in [3.63, 3.8) is 0 Å². The van der Waals surface area contributed by atoms with Crippen molar-refractivity contribution in [2.45, 2.75) is 31.0 Å². The number of aliphatic carboxylic acids is 1. The summed E-state index contributed by atoms with van der Waals surface area (Å²) in [5.41, 5.74) is 18.3. The van der Waals surface area contributed by atoms with Gasteiger partial charge in [-0.05, 0) is 11.6 Å². The summed E-state index contributed by atoms with van der Waals surface area (Å²) >= 11 is 0. The number of amides is 2. The normalized spacial score (nSPS) is 13.3. The van der Waals surface area contributed by atoms with Crippen LogP contribution in [0.5, 0.6) is 0 Å². The number of H-pyrrole nitrogens is 1. The number of hydrogen-bond acceptors (Lipinski definition) is 6. The molecule has 1 aromatic heterocycles. The highest BCUT2D eigenvalue weighted by atomic mass is 16.4. The molecule has 2 amide bonds. The first-order chi connectivity index (χ1) is 13.3. The number of hydrogen-bond donors (Lipinski definition) is 7. The summed E-state index contributed by atoms with van der Waals surface area (Å²) in [4.78, 5) is 38.9. The Morgan fingerprint density at radius 2 is 1.79 bits per heavy atom. The molecule has 0 fully saturated rings. The van der Waals surface area contributed by atoms with Crippen molar-refractivity contribution < 1.29 is 19.5 Å². The molecule has 28 heavy (non-hydrogen) atoms. The second-order valence-corrected chi connectivity index (χ2v) is 6.51. The van der Waals surface area contributed by atoms with Crippen molar-refractivity contribution in [3.05, 3.63) is 36.0 Å². The van der Waals surface area contributed by atoms with Gasteiger partial charge in [-0.3, -0.25) is 14.4 Å². The fourth-order valence-corrected chi connectivity index (χ4v) is 2.79. The van der Waals surface area contributed by atoms with Crippen LogP contribution in [-0.4, -0.2) is 59.1 Å². The van der Waals surface area contributed by atoms with Gasteiger partial charge in [0.05, 0.1) is 12.5 Å². The van der Waals surface area contributed by atoms with Crippen LogP contribution in [0.15, 0.2) is 30.5 Å². The Hall–Kier alpha value is -2.95. The number of nitrogens with one attached hydrogen (secondary N) is 3. The van der Waals surface area contributed by atoms with Gasteiger partial charge in [-0.15, -0.1) is 0 Å². The number of carbonyl (C=O) groups is 3. The Labute approximate surface area is 161 Å². The summed E-state index contributed by atoms with van der Waals surface area (Å²) in [6.07, 6.45) is 1.53. The van der Waals surface area contributed by atoms with E-state index in [1.165, 1.54) is 0 Å². The lowest BCUT2D eigenvalue weighted by Gasteiger charge is -2.22. The molecule has 1 aromatic carbocycles. The minimum atomic E-state index is -1.35. The lowest BCUT2D eigenvalue weighted by atomic mass is 10.0. The first-order valence-corrected chi connectivity index (χ1v) is 8.89. The summed E-state index contributed by atoms with van der Waals surface area (Å²) in [6.45, 7) is 0.305. The summed E-state index contributed by atoms with van der Waals surface area (Å²) in [5.74, 6) is -2.38. The van der Waals surface area contributed by atoms with E-state index in [0.717, 1.165) is 16.5 Å². The summed E-state index contributed by atoms with van der Waals surface area (Å²) in [6, 6.07) is 4.84. The molecule has 0 saturated carbocycles. The van der Waals surface area contributed by atoms with Gasteiger partial charge in [0.25, 0.3) is 0 Å². The van der Waals surface area contributed by atoms with Crippen molar-refractivity contribution in [1.29, 1.82) is 0 Å². The van der Waals surface area contributed by atoms with Gasteiger partial charge < -0.3 is 37.9 Å². The van der Waals surface area contributed by atoms with Crippen molar-refractivity contribution in [2.75, 3.05) is 13.1 Å². The van der Waals surface area contributed by atoms with E-state index in [0.29, 0.717) is 0 Å². The van der Waals surface area contributed by atoms with E-state index in [-0.39, 0.29) is 19.5 Å². The average molecular weight is 390 g/mol. The molecule has 0 saturated heterocycles. The van der Waals surface area contributed by atoms with Gasteiger partial charge in [-0.1, -0.05) is 18.2 Å². The summed E-state index contributed by atoms with van der Waals surface area (Å²) in [5, 5.41) is 15.1. The van der Waals surface area contributed by atoms with E-state index in [1.54, 1.807) is 6.20 Å². The fraction of sp³-hybridized carbons (Fsp3) is 0.389. The zero-order valence-electron chi connectivity index (χ0n) is 15.4. The molecule has 2 aromatic rings. The van der Waals surface area contributed by atoms with Crippen molar-refractivity contribution >= 4 is 28.7 Å². The van der Waals surface area contributed by atoms with Gasteiger partial charge >= 0.3 is 5.97 Å². The van der Waals surface area contributed by atoms with E-state index in [1.807, 2.05) is 24.3 Å². The second kappa shape index (κ2) is 9.83. The molecule has 0 aliphatic rings. The minimum Gasteiger partial charge on any atom is -0.480 e. The lowest BCUT2D eigenvalue weighted by Crippen LogP contribution is -2.54. The minimum absolute atomic E-state index is 0.153. The van der Waals surface area contributed by atoms with E-state index in [2.05, 4.69) is 15.6 Å². The van der Waals surface area contributed by atoms with Crippen molar-refractivity contribution in [1.82, 2.24) is 15.6 Å². The number of para-hydroxylation sites is 1. The molecule has 10 heteroatoms. The van der Waals surface area contributed by atoms with Crippen LogP contribution in [-0.2, 0) is 20.8 Å². The molecule has 0 spiro atoms. The SMILES string of the molecule is NCC(CN)NC(=O)[C@H](Cc1c[nH]c2ccccc12)NC(=O)C[C@H](N)C(=O)O. The first kappa shape index (κ1) is 21.4. The molecule has 0 bridgehead atoms. The van der Waals surface area contributed by atoms with Crippen LogP contribution in [0.1, 0.15) is 12.0 Å². The molecule has 0 radical (unpaired) electrons. The van der Waals surface area contributed by atoms with Gasteiger partial charge in [-0.2, -0.15) is 0 Å². The topological polar surface area (TPSA) is 189 Å². The predicted molar refractivity (Wildman–Crippen MR) is 104 cm³/mol. The van der Waals surface area contributed by atoms with E-state index in [4.69, 9.17) is 22.3 Å². The predicted octanol–water partition coefficient (Wildman–Crippen LogP) is -1.60. The van der Waals surface area contributed by atoms with Crippen molar-refractivity contribution in [3.8, 4) is 0 Å². The molecule has 10 N–H and O–H groups in total. The second-order valence-electron chi connectivity index (χ2n) is 6.51. The number of rotatable bonds is 10. The molecule has 2 atom stereocenters. The molecular formula is C18H26N6O4. The van der Waals surface area contributed by atoms with Crippen LogP contribution in [0.25, 0.3) is 10.9 Å². The summed E-state index contributed by atoms with van der Waals surface area (Å²) < 4.78 is 0. The van der Waals surface area contributed by atoms with Crippen LogP contribution < -0.4 is 27.8 Å². The van der Waals surface area contributed by atoms with Crippen LogP contribution in [0.4, 0.5) is 0 Å². The molecule has 0 aliphatic carbocycles. The van der Waals surface area contributed by atoms with E-state index >= 15 is 0 Å². The Morgan fingerprint density at radius 1 is 1.11 bits per heavy atom. The van der Waals surface area contributed by atoms with Crippen LogP contribution >= 0.6 is 0 Å². The molecular weight excluding hydrogens is 364 g/mol. The molecule has 2 rings (SSSR count). The van der Waals surface area contributed by atoms with Crippen LogP contribution in [0.3, 0.4) is 0 Å². The highest BCUT2D eigenvalue weighted by molar-refractivity contribution is 5.91. The van der Waals surface area contributed by atoms with Gasteiger partial charge in [-0.25, -0.2) is 0 Å². The first-order valence-electron chi connectivity index (χ1n) is 8.89. The van der Waals surface area contributed by atoms with E-state index in [9.17, 15) is 14.4 Å². The molecule has 0 aliphatic heterocycles. The maximum Gasteiger partial charge on any atom is 0.321 e. The Balaban J connectivity index is 2.18. The molecule has 152 valence electrons.